The zero-order valence-corrected chi connectivity index (χ0v) is 15.9. The smallest absolute Gasteiger partial charge is 0.390 e. The van der Waals surface area contributed by atoms with Crippen molar-refractivity contribution in [3.8, 4) is 0 Å². The number of hydrogen-bond donors (Lipinski definition) is 2. The maximum absolute atomic E-state index is 12.4. The van der Waals surface area contributed by atoms with Gasteiger partial charge in [-0.15, -0.1) is 0 Å². The number of aromatic nitrogens is 2. The Kier molecular flexibility index (Phi) is 7.54. The van der Waals surface area contributed by atoms with Crippen LogP contribution in [-0.2, 0) is 21.0 Å². The van der Waals surface area contributed by atoms with Crippen LogP contribution in [0.2, 0.25) is 0 Å². The molecule has 0 aliphatic heterocycles. The highest BCUT2D eigenvalue weighted by molar-refractivity contribution is 5.87. The predicted molar refractivity (Wildman–Crippen MR) is 94.4 cm³/mol. The van der Waals surface area contributed by atoms with Gasteiger partial charge in [0.05, 0.1) is 24.2 Å². The molecule has 0 saturated heterocycles. The number of ketones is 2. The third-order valence-corrected chi connectivity index (χ3v) is 4.11. The second-order valence-electron chi connectivity index (χ2n) is 7.03. The van der Waals surface area contributed by atoms with Gasteiger partial charge in [0.25, 0.3) is 0 Å². The average Bonchev–Trinajstić information content (AvgIpc) is 3.00. The summed E-state index contributed by atoms with van der Waals surface area (Å²) in [5.41, 5.74) is 1.10. The van der Waals surface area contributed by atoms with Gasteiger partial charge in [-0.25, -0.2) is 4.57 Å². The van der Waals surface area contributed by atoms with E-state index in [1.54, 1.807) is 27.7 Å². The molecule has 1 aromatic heterocycles. The summed E-state index contributed by atoms with van der Waals surface area (Å²) < 4.78 is 1.34. The number of hydroxylamine groups is 1. The van der Waals surface area contributed by atoms with Crippen molar-refractivity contribution in [1.82, 2.24) is 20.3 Å². The van der Waals surface area contributed by atoms with Gasteiger partial charge in [-0.3, -0.25) is 14.4 Å². The molecule has 0 aliphatic carbocycles. The van der Waals surface area contributed by atoms with Crippen molar-refractivity contribution < 1.29 is 19.3 Å². The van der Waals surface area contributed by atoms with Crippen molar-refractivity contribution in [2.45, 2.75) is 58.7 Å². The lowest BCUT2D eigenvalue weighted by molar-refractivity contribution is -0.396. The van der Waals surface area contributed by atoms with Crippen LogP contribution in [0, 0.1) is 10.1 Å². The Bertz CT molecular complexity index is 653. The number of aryl methyl sites for hydroxylation is 1. The molecule has 1 rings (SSSR count). The van der Waals surface area contributed by atoms with E-state index in [4.69, 9.17) is 4.84 Å². The van der Waals surface area contributed by atoms with Crippen molar-refractivity contribution in [1.29, 1.82) is 0 Å². The second kappa shape index (κ2) is 8.97. The van der Waals surface area contributed by atoms with E-state index in [2.05, 4.69) is 15.8 Å². The fraction of sp³-hybridized carbons (Fsp3) is 0.688. The Labute approximate surface area is 152 Å². The van der Waals surface area contributed by atoms with Crippen LogP contribution in [-0.4, -0.2) is 50.3 Å². The molecule has 0 fully saturated rings. The molecule has 0 amide bonds. The first-order chi connectivity index (χ1) is 12.0. The molecule has 0 atom stereocenters. The van der Waals surface area contributed by atoms with Crippen LogP contribution in [0.4, 0.5) is 5.95 Å². The fourth-order valence-electron chi connectivity index (χ4n) is 2.00. The molecule has 146 valence electrons. The minimum atomic E-state index is -0.811. The lowest BCUT2D eigenvalue weighted by Crippen LogP contribution is -2.50. The SMILES string of the molecule is CC(=O)C(C)(C)NOCCNC(C)(C)C(=O)CCn1ccnc1[N+](=O)[O-]. The van der Waals surface area contributed by atoms with Gasteiger partial charge in [-0.1, -0.05) is 4.98 Å². The van der Waals surface area contributed by atoms with E-state index in [0.29, 0.717) is 6.54 Å². The Morgan fingerprint density at radius 2 is 1.96 bits per heavy atom. The van der Waals surface area contributed by atoms with Crippen LogP contribution < -0.4 is 10.8 Å². The summed E-state index contributed by atoms with van der Waals surface area (Å²) in [6.45, 7) is 9.23. The van der Waals surface area contributed by atoms with Crippen molar-refractivity contribution in [2.24, 2.45) is 0 Å². The molecule has 0 aromatic carbocycles. The number of imidazole rings is 1. The lowest BCUT2D eigenvalue weighted by atomic mass is 9.96. The van der Waals surface area contributed by atoms with Crippen LogP contribution in [0.15, 0.2) is 12.4 Å². The summed E-state index contributed by atoms with van der Waals surface area (Å²) in [6, 6.07) is 0. The number of nitrogens with zero attached hydrogens (tertiary/aromatic N) is 3. The third-order valence-electron chi connectivity index (χ3n) is 4.11. The van der Waals surface area contributed by atoms with Crippen LogP contribution >= 0.6 is 0 Å². The van der Waals surface area contributed by atoms with Crippen LogP contribution in [0.1, 0.15) is 41.0 Å². The molecule has 1 aromatic rings. The normalized spacial score (nSPS) is 12.2. The van der Waals surface area contributed by atoms with Gasteiger partial charge >= 0.3 is 5.95 Å². The molecule has 2 N–H and O–H groups in total. The van der Waals surface area contributed by atoms with Crippen LogP contribution in [0.5, 0.6) is 0 Å². The monoisotopic (exact) mass is 369 g/mol. The maximum Gasteiger partial charge on any atom is 0.434 e. The van der Waals surface area contributed by atoms with E-state index in [1.165, 1.54) is 23.9 Å². The summed E-state index contributed by atoms with van der Waals surface area (Å²) in [4.78, 5) is 42.9. The number of hydrogen-bond acceptors (Lipinski definition) is 8. The molecule has 10 nitrogen and oxygen atoms in total. The molecule has 0 radical (unpaired) electrons. The van der Waals surface area contributed by atoms with Crippen molar-refractivity contribution in [3.05, 3.63) is 22.5 Å². The molecular weight excluding hydrogens is 342 g/mol. The van der Waals surface area contributed by atoms with Gasteiger partial charge in [-0.2, -0.15) is 5.48 Å². The first kappa shape index (κ1) is 21.9. The fourth-order valence-corrected chi connectivity index (χ4v) is 2.00. The van der Waals surface area contributed by atoms with Gasteiger partial charge in [0.15, 0.2) is 11.6 Å². The number of carbonyl (C=O) groups is 2. The number of nitrogens with one attached hydrogen (secondary N) is 2. The predicted octanol–water partition coefficient (Wildman–Crippen LogP) is 1.01. The summed E-state index contributed by atoms with van der Waals surface area (Å²) in [6.07, 6.45) is 2.94. The summed E-state index contributed by atoms with van der Waals surface area (Å²) in [5, 5.41) is 13.9. The van der Waals surface area contributed by atoms with Crippen molar-refractivity contribution in [2.75, 3.05) is 13.2 Å². The summed E-state index contributed by atoms with van der Waals surface area (Å²) in [5.74, 6) is -0.414. The minimum Gasteiger partial charge on any atom is -0.390 e. The molecule has 10 heteroatoms. The van der Waals surface area contributed by atoms with Crippen molar-refractivity contribution in [3.63, 3.8) is 0 Å². The molecule has 0 unspecified atom stereocenters. The largest absolute Gasteiger partial charge is 0.434 e. The number of Topliss-reactive ketones (excluding diaryl/α,β-unsaturated/α-hetero) is 2. The van der Waals surface area contributed by atoms with E-state index in [-0.39, 0.29) is 37.1 Å². The molecule has 0 spiro atoms. The van der Waals surface area contributed by atoms with Gasteiger partial charge in [0.1, 0.15) is 12.4 Å². The average molecular weight is 369 g/mol. The molecule has 0 bridgehead atoms. The standard InChI is InChI=1S/C16H27N5O5/c1-12(22)15(2,3)19-26-11-8-18-16(4,5)13(23)6-9-20-10-7-17-14(20)21(24)25/h7,10,18-19H,6,8-9,11H2,1-5H3. The summed E-state index contributed by atoms with van der Waals surface area (Å²) in [7, 11) is 0. The number of nitro groups is 1. The Morgan fingerprint density at radius 3 is 2.54 bits per heavy atom. The van der Waals surface area contributed by atoms with Crippen molar-refractivity contribution >= 4 is 17.5 Å². The second-order valence-corrected chi connectivity index (χ2v) is 7.03. The Hall–Kier alpha value is -2.17. The topological polar surface area (TPSA) is 128 Å². The van der Waals surface area contributed by atoms with Crippen LogP contribution in [0.3, 0.4) is 0 Å². The minimum absolute atomic E-state index is 0.0467. The highest BCUT2D eigenvalue weighted by Gasteiger charge is 2.28. The van der Waals surface area contributed by atoms with Crippen LogP contribution in [0.25, 0.3) is 0 Å². The van der Waals surface area contributed by atoms with E-state index in [9.17, 15) is 19.7 Å². The highest BCUT2D eigenvalue weighted by Crippen LogP contribution is 2.12. The first-order valence-corrected chi connectivity index (χ1v) is 8.31. The zero-order chi connectivity index (χ0) is 20.0. The Balaban J connectivity index is 2.40. The van der Waals surface area contributed by atoms with E-state index < -0.39 is 16.0 Å². The zero-order valence-electron chi connectivity index (χ0n) is 15.9. The van der Waals surface area contributed by atoms with E-state index in [1.807, 2.05) is 0 Å². The van der Waals surface area contributed by atoms with E-state index >= 15 is 0 Å². The third kappa shape index (κ3) is 6.28. The molecule has 1 heterocycles. The molecule has 0 saturated carbocycles. The number of carbonyl (C=O) groups excluding carboxylic acids is 2. The maximum atomic E-state index is 12.4. The summed E-state index contributed by atoms with van der Waals surface area (Å²) >= 11 is 0. The lowest BCUT2D eigenvalue weighted by Gasteiger charge is -2.26. The molecule has 0 aliphatic rings. The number of rotatable bonds is 12. The quantitative estimate of drug-likeness (QED) is 0.317. The van der Waals surface area contributed by atoms with Gasteiger partial charge in [-0.05, 0) is 39.5 Å². The Morgan fingerprint density at radius 1 is 1.31 bits per heavy atom. The highest BCUT2D eigenvalue weighted by atomic mass is 16.6. The molecule has 26 heavy (non-hydrogen) atoms. The molecular formula is C16H27N5O5. The van der Waals surface area contributed by atoms with Gasteiger partial charge in [0, 0.05) is 13.0 Å². The van der Waals surface area contributed by atoms with Gasteiger partial charge in [0.2, 0.25) is 0 Å². The van der Waals surface area contributed by atoms with E-state index in [0.717, 1.165) is 0 Å². The first-order valence-electron chi connectivity index (χ1n) is 8.31. The van der Waals surface area contributed by atoms with Gasteiger partial charge < -0.3 is 15.4 Å².